The van der Waals surface area contributed by atoms with Gasteiger partial charge in [0, 0.05) is 26.1 Å². The molecule has 0 unspecified atom stereocenters. The number of aromatic nitrogens is 1. The molecule has 1 aromatic heterocycles. The van der Waals surface area contributed by atoms with Gasteiger partial charge in [0.1, 0.15) is 17.8 Å². The van der Waals surface area contributed by atoms with E-state index in [0.717, 1.165) is 27.3 Å². The van der Waals surface area contributed by atoms with Gasteiger partial charge in [-0.3, -0.25) is 14.4 Å². The molecule has 12 nitrogen and oxygen atoms in total. The minimum absolute atomic E-state index is 0.00253. The fourth-order valence-electron chi connectivity index (χ4n) is 5.52. The smallest absolute Gasteiger partial charge is 0.404 e. The number of β-amino-alcohol motifs (C(OH)–C–C–N with tert-alkyl or cyclic N) is 1. The number of carbonyl (C=O) groups excluding carboxylic acids is 3. The van der Waals surface area contributed by atoms with Gasteiger partial charge in [0.15, 0.2) is 0 Å². The van der Waals surface area contributed by atoms with Gasteiger partial charge in [0.25, 0.3) is 0 Å². The first-order chi connectivity index (χ1) is 22.8. The normalized spacial score (nSPS) is 16.6. The number of carboxylic acid groups (broad SMARTS) is 1. The summed E-state index contributed by atoms with van der Waals surface area (Å²) in [5, 5.41) is 27.2. The summed E-state index contributed by atoms with van der Waals surface area (Å²) < 4.78 is 5.74. The Morgan fingerprint density at radius 3 is 2.35 bits per heavy atom. The minimum atomic E-state index is -1.04. The van der Waals surface area contributed by atoms with E-state index < -0.39 is 35.6 Å². The van der Waals surface area contributed by atoms with Crippen LogP contribution in [0.3, 0.4) is 0 Å². The molecule has 258 valence electrons. The number of thiazole rings is 1. The second-order valence-corrected chi connectivity index (χ2v) is 13.9. The van der Waals surface area contributed by atoms with Gasteiger partial charge in [-0.1, -0.05) is 57.2 Å². The number of carbonyl (C=O) groups is 4. The lowest BCUT2D eigenvalue weighted by Crippen LogP contribution is -2.57. The van der Waals surface area contributed by atoms with Crippen LogP contribution in [0.25, 0.3) is 10.4 Å². The van der Waals surface area contributed by atoms with Crippen molar-refractivity contribution in [3.8, 4) is 16.2 Å². The summed E-state index contributed by atoms with van der Waals surface area (Å²) in [6.45, 7) is 8.21. The summed E-state index contributed by atoms with van der Waals surface area (Å²) >= 11 is 1.57. The molecule has 1 saturated heterocycles. The largest absolute Gasteiger partial charge is 0.493 e. The predicted molar refractivity (Wildman–Crippen MR) is 183 cm³/mol. The number of rotatable bonds is 14. The number of nitrogens with one attached hydrogen (secondary N) is 3. The van der Waals surface area contributed by atoms with Gasteiger partial charge in [-0.2, -0.15) is 0 Å². The maximum atomic E-state index is 13.8. The molecule has 0 aliphatic carbocycles. The predicted octanol–water partition coefficient (Wildman–Crippen LogP) is 3.90. The zero-order chi connectivity index (χ0) is 34.8. The first-order valence-electron chi connectivity index (χ1n) is 16.1. The van der Waals surface area contributed by atoms with Crippen molar-refractivity contribution in [2.24, 2.45) is 5.41 Å². The molecule has 13 heteroatoms. The van der Waals surface area contributed by atoms with Crippen molar-refractivity contribution in [1.29, 1.82) is 0 Å². The van der Waals surface area contributed by atoms with E-state index in [1.807, 2.05) is 69.6 Å². The molecular formula is C35H45N5O7S. The molecule has 0 radical (unpaired) electrons. The van der Waals surface area contributed by atoms with Crippen LogP contribution in [-0.4, -0.2) is 81.8 Å². The first kappa shape index (κ1) is 36.3. The molecule has 3 aromatic rings. The topological polar surface area (TPSA) is 170 Å². The standard InChI is InChI=1S/C35H45N5O7S/c1-22-30(48-21-38-22)25-11-7-24(8-12-25)19-37-32(43)28-18-26(41)20-40(28)33(44)31(35(2,3)4)39-29(42)15-17-47-27-13-9-23(10-14-27)6-5-16-36-34(45)46/h7-14,21,26,28,31,36,41H,5-6,15-20H2,1-4H3,(H,37,43)(H,39,42)(H,45,46)/t26-,28+,31-/m1/s1. The third-order valence-electron chi connectivity index (χ3n) is 8.15. The van der Waals surface area contributed by atoms with Gasteiger partial charge in [-0.25, -0.2) is 9.78 Å². The first-order valence-corrected chi connectivity index (χ1v) is 16.9. The zero-order valence-corrected chi connectivity index (χ0v) is 28.6. The van der Waals surface area contributed by atoms with Crippen LogP contribution in [0.5, 0.6) is 5.75 Å². The molecule has 48 heavy (non-hydrogen) atoms. The maximum Gasteiger partial charge on any atom is 0.404 e. The molecule has 0 spiro atoms. The zero-order valence-electron chi connectivity index (χ0n) is 27.8. The van der Waals surface area contributed by atoms with Crippen molar-refractivity contribution < 1.29 is 34.1 Å². The van der Waals surface area contributed by atoms with E-state index in [9.17, 15) is 24.3 Å². The molecule has 1 fully saturated rings. The summed E-state index contributed by atoms with van der Waals surface area (Å²) in [7, 11) is 0. The van der Waals surface area contributed by atoms with Crippen LogP contribution in [0.1, 0.15) is 56.9 Å². The number of likely N-dealkylation sites (tertiary alicyclic amines) is 1. The molecular weight excluding hydrogens is 634 g/mol. The van der Waals surface area contributed by atoms with Gasteiger partial charge < -0.3 is 35.8 Å². The number of hydrogen-bond donors (Lipinski definition) is 5. The Labute approximate surface area is 284 Å². The van der Waals surface area contributed by atoms with Crippen molar-refractivity contribution in [3.05, 3.63) is 70.9 Å². The Hall–Kier alpha value is -4.49. The number of aryl methyl sites for hydroxylation is 2. The molecule has 0 saturated carbocycles. The highest BCUT2D eigenvalue weighted by molar-refractivity contribution is 7.13. The maximum absolute atomic E-state index is 13.8. The molecule has 2 aromatic carbocycles. The molecule has 5 N–H and O–H groups in total. The Bertz CT molecular complexity index is 1550. The Morgan fingerprint density at radius 1 is 1.04 bits per heavy atom. The molecule has 1 aliphatic heterocycles. The fraction of sp³-hybridized carbons (Fsp3) is 0.457. The number of hydrogen-bond acceptors (Lipinski definition) is 8. The third-order valence-corrected chi connectivity index (χ3v) is 9.13. The van der Waals surface area contributed by atoms with Crippen molar-refractivity contribution in [3.63, 3.8) is 0 Å². The second kappa shape index (κ2) is 16.6. The number of nitrogens with zero attached hydrogens (tertiary/aromatic N) is 2. The third kappa shape index (κ3) is 10.3. The van der Waals surface area contributed by atoms with E-state index >= 15 is 0 Å². The van der Waals surface area contributed by atoms with E-state index in [1.165, 1.54) is 4.90 Å². The van der Waals surface area contributed by atoms with E-state index in [4.69, 9.17) is 9.84 Å². The van der Waals surface area contributed by atoms with E-state index in [-0.39, 0.29) is 44.4 Å². The van der Waals surface area contributed by atoms with Gasteiger partial charge in [0.2, 0.25) is 17.7 Å². The van der Waals surface area contributed by atoms with Crippen molar-refractivity contribution in [2.75, 3.05) is 19.7 Å². The summed E-state index contributed by atoms with van der Waals surface area (Å²) in [5.41, 5.74) is 5.09. The molecule has 4 rings (SSSR count). The van der Waals surface area contributed by atoms with Crippen LogP contribution in [0, 0.1) is 12.3 Å². The van der Waals surface area contributed by atoms with Gasteiger partial charge in [-0.15, -0.1) is 11.3 Å². The van der Waals surface area contributed by atoms with Crippen LogP contribution in [0.4, 0.5) is 4.79 Å². The number of benzene rings is 2. The van der Waals surface area contributed by atoms with Crippen LogP contribution in [0.15, 0.2) is 54.0 Å². The highest BCUT2D eigenvalue weighted by Gasteiger charge is 2.44. The van der Waals surface area contributed by atoms with E-state index in [1.54, 1.807) is 23.5 Å². The lowest BCUT2D eigenvalue weighted by molar-refractivity contribution is -0.144. The van der Waals surface area contributed by atoms with Crippen molar-refractivity contribution in [1.82, 2.24) is 25.8 Å². The Morgan fingerprint density at radius 2 is 1.73 bits per heavy atom. The summed E-state index contributed by atoms with van der Waals surface area (Å²) in [6.07, 6.45) is -0.396. The molecule has 2 heterocycles. The summed E-state index contributed by atoms with van der Waals surface area (Å²) in [5.74, 6) is -0.572. The summed E-state index contributed by atoms with van der Waals surface area (Å²) in [6, 6.07) is 13.4. The Balaban J connectivity index is 1.28. The molecule has 1 aliphatic rings. The van der Waals surface area contributed by atoms with Crippen LogP contribution >= 0.6 is 11.3 Å². The van der Waals surface area contributed by atoms with Crippen molar-refractivity contribution >= 4 is 35.2 Å². The summed E-state index contributed by atoms with van der Waals surface area (Å²) in [4.78, 5) is 57.5. The van der Waals surface area contributed by atoms with Crippen LogP contribution < -0.4 is 20.7 Å². The lowest BCUT2D eigenvalue weighted by atomic mass is 9.85. The number of aliphatic hydroxyl groups is 1. The minimum Gasteiger partial charge on any atom is -0.493 e. The molecule has 0 bridgehead atoms. The van der Waals surface area contributed by atoms with Gasteiger partial charge in [0.05, 0.1) is 35.2 Å². The average molecular weight is 680 g/mol. The number of amides is 4. The molecule has 3 atom stereocenters. The fourth-order valence-corrected chi connectivity index (χ4v) is 6.33. The second-order valence-electron chi connectivity index (χ2n) is 13.0. The van der Waals surface area contributed by atoms with E-state index in [2.05, 4.69) is 20.9 Å². The monoisotopic (exact) mass is 679 g/mol. The quantitative estimate of drug-likeness (QED) is 0.160. The van der Waals surface area contributed by atoms with Crippen LogP contribution in [0.2, 0.25) is 0 Å². The van der Waals surface area contributed by atoms with Crippen LogP contribution in [-0.2, 0) is 27.3 Å². The lowest BCUT2D eigenvalue weighted by Gasteiger charge is -2.35. The number of aliphatic hydroxyl groups excluding tert-OH is 1. The van der Waals surface area contributed by atoms with Crippen molar-refractivity contribution in [2.45, 2.75) is 78.1 Å². The van der Waals surface area contributed by atoms with Gasteiger partial charge >= 0.3 is 6.09 Å². The van der Waals surface area contributed by atoms with E-state index in [0.29, 0.717) is 25.1 Å². The van der Waals surface area contributed by atoms with Gasteiger partial charge in [-0.05, 0) is 54.0 Å². The highest BCUT2D eigenvalue weighted by Crippen LogP contribution is 2.28. The Kier molecular flexibility index (Phi) is 12.5. The number of ether oxygens (including phenoxy) is 1. The molecule has 4 amide bonds. The average Bonchev–Trinajstić information content (AvgIpc) is 3.66. The SMILES string of the molecule is Cc1ncsc1-c1ccc(CNC(=O)[C@@H]2C[C@@H](O)CN2C(=O)[C@@H](NC(=O)CCOc2ccc(CCCNC(=O)O)cc2)C(C)(C)C)cc1. The highest BCUT2D eigenvalue weighted by atomic mass is 32.1.